The summed E-state index contributed by atoms with van der Waals surface area (Å²) in [4.78, 5) is 11.5. The van der Waals surface area contributed by atoms with Gasteiger partial charge in [-0.3, -0.25) is 9.52 Å². The van der Waals surface area contributed by atoms with Crippen LogP contribution in [-0.2, 0) is 14.8 Å². The first-order valence-electron chi connectivity index (χ1n) is 7.02. The second kappa shape index (κ2) is 7.15. The Morgan fingerprint density at radius 1 is 1.13 bits per heavy atom. The number of rotatable bonds is 6. The molecule has 0 heterocycles. The summed E-state index contributed by atoms with van der Waals surface area (Å²) < 4.78 is 31.1. The van der Waals surface area contributed by atoms with E-state index in [-0.39, 0.29) is 5.91 Å². The molecule has 2 rings (SSSR count). The van der Waals surface area contributed by atoms with Crippen molar-refractivity contribution >= 4 is 27.3 Å². The van der Waals surface area contributed by atoms with Gasteiger partial charge in [-0.1, -0.05) is 25.1 Å². The van der Waals surface area contributed by atoms with Gasteiger partial charge in [0.05, 0.1) is 11.9 Å². The van der Waals surface area contributed by atoms with Gasteiger partial charge < -0.3 is 10.1 Å². The smallest absolute Gasteiger partial charge is 0.229 e. The number of nitrogens with one attached hydrogen (secondary N) is 2. The maximum absolute atomic E-state index is 11.5. The minimum absolute atomic E-state index is 0.139. The Morgan fingerprint density at radius 3 is 2.43 bits per heavy atom. The van der Waals surface area contributed by atoms with Crippen molar-refractivity contribution in [1.29, 1.82) is 0 Å². The molecule has 122 valence electrons. The predicted molar refractivity (Wildman–Crippen MR) is 90.3 cm³/mol. The molecule has 0 saturated carbocycles. The van der Waals surface area contributed by atoms with Gasteiger partial charge in [-0.25, -0.2) is 8.42 Å². The zero-order valence-corrected chi connectivity index (χ0v) is 13.7. The summed E-state index contributed by atoms with van der Waals surface area (Å²) in [5, 5.41) is 2.71. The highest BCUT2D eigenvalue weighted by atomic mass is 32.2. The third-order valence-electron chi connectivity index (χ3n) is 2.85. The van der Waals surface area contributed by atoms with Crippen molar-refractivity contribution in [2.24, 2.45) is 0 Å². The summed E-state index contributed by atoms with van der Waals surface area (Å²) >= 11 is 0. The Bertz CT molecular complexity index is 789. The molecule has 0 spiro atoms. The lowest BCUT2D eigenvalue weighted by Crippen LogP contribution is -2.12. The zero-order valence-electron chi connectivity index (χ0n) is 12.9. The second-order valence-electron chi connectivity index (χ2n) is 4.90. The number of carbonyl (C=O) groups excluding carboxylic acids is 1. The number of amides is 1. The summed E-state index contributed by atoms with van der Waals surface area (Å²) in [6.45, 7) is 1.75. The van der Waals surface area contributed by atoms with Gasteiger partial charge in [-0.2, -0.15) is 0 Å². The van der Waals surface area contributed by atoms with Crippen molar-refractivity contribution in [3.05, 3.63) is 48.5 Å². The fourth-order valence-corrected chi connectivity index (χ4v) is 2.40. The van der Waals surface area contributed by atoms with Crippen LogP contribution in [0.15, 0.2) is 48.5 Å². The fraction of sp³-hybridized carbons (Fsp3) is 0.188. The molecule has 0 radical (unpaired) electrons. The third kappa shape index (κ3) is 5.30. The number of carbonyl (C=O) groups is 1. The highest BCUT2D eigenvalue weighted by Crippen LogP contribution is 2.33. The van der Waals surface area contributed by atoms with Gasteiger partial charge in [0.25, 0.3) is 0 Å². The molecule has 23 heavy (non-hydrogen) atoms. The molecule has 0 aliphatic carbocycles. The Hall–Kier alpha value is -2.54. The van der Waals surface area contributed by atoms with E-state index in [0.29, 0.717) is 29.3 Å². The van der Waals surface area contributed by atoms with E-state index in [9.17, 15) is 13.2 Å². The van der Waals surface area contributed by atoms with Crippen molar-refractivity contribution in [3.8, 4) is 11.5 Å². The van der Waals surface area contributed by atoms with E-state index in [2.05, 4.69) is 10.0 Å². The first-order chi connectivity index (χ1) is 10.9. The Balaban J connectivity index is 2.36. The topological polar surface area (TPSA) is 84.5 Å². The maximum Gasteiger partial charge on any atom is 0.229 e. The third-order valence-corrected chi connectivity index (χ3v) is 3.44. The Morgan fingerprint density at radius 2 is 1.83 bits per heavy atom. The van der Waals surface area contributed by atoms with Crippen LogP contribution >= 0.6 is 0 Å². The number of benzene rings is 2. The van der Waals surface area contributed by atoms with Gasteiger partial charge in [0.15, 0.2) is 5.75 Å². The van der Waals surface area contributed by atoms with Crippen LogP contribution in [0.1, 0.15) is 13.3 Å². The van der Waals surface area contributed by atoms with Crippen LogP contribution in [-0.4, -0.2) is 20.6 Å². The summed E-state index contributed by atoms with van der Waals surface area (Å²) in [7, 11) is -3.45. The second-order valence-corrected chi connectivity index (χ2v) is 6.65. The van der Waals surface area contributed by atoms with Gasteiger partial charge in [0.1, 0.15) is 5.75 Å². The molecule has 0 atom stereocenters. The lowest BCUT2D eigenvalue weighted by Gasteiger charge is -2.14. The zero-order chi connectivity index (χ0) is 16.9. The summed E-state index contributed by atoms with van der Waals surface area (Å²) in [5.41, 5.74) is 0.827. The van der Waals surface area contributed by atoms with Crippen LogP contribution in [0, 0.1) is 0 Å². The van der Waals surface area contributed by atoms with E-state index in [1.54, 1.807) is 37.3 Å². The lowest BCUT2D eigenvalue weighted by molar-refractivity contribution is -0.115. The average Bonchev–Trinajstić information content (AvgIpc) is 2.49. The van der Waals surface area contributed by atoms with Gasteiger partial charge in [-0.05, 0) is 24.3 Å². The van der Waals surface area contributed by atoms with E-state index in [1.165, 1.54) is 0 Å². The number of ether oxygens (including phenoxy) is 1. The quantitative estimate of drug-likeness (QED) is 0.849. The lowest BCUT2D eigenvalue weighted by atomic mass is 10.2. The van der Waals surface area contributed by atoms with Crippen LogP contribution in [0.5, 0.6) is 11.5 Å². The van der Waals surface area contributed by atoms with E-state index in [0.717, 1.165) is 6.26 Å². The monoisotopic (exact) mass is 334 g/mol. The number of hydrogen-bond donors (Lipinski definition) is 2. The fourth-order valence-electron chi connectivity index (χ4n) is 1.83. The van der Waals surface area contributed by atoms with Gasteiger partial charge in [0, 0.05) is 18.2 Å². The maximum atomic E-state index is 11.5. The average molecular weight is 334 g/mol. The van der Waals surface area contributed by atoms with E-state index < -0.39 is 10.0 Å². The molecular formula is C16H18N2O4S. The summed E-state index contributed by atoms with van der Waals surface area (Å²) in [6.07, 6.45) is 1.41. The highest BCUT2D eigenvalue weighted by molar-refractivity contribution is 7.92. The minimum Gasteiger partial charge on any atom is -0.455 e. The van der Waals surface area contributed by atoms with E-state index in [1.807, 2.05) is 18.2 Å². The molecule has 0 aromatic heterocycles. The van der Waals surface area contributed by atoms with Crippen molar-refractivity contribution in [2.75, 3.05) is 16.3 Å². The molecule has 6 nitrogen and oxygen atoms in total. The summed E-state index contributed by atoms with van der Waals surface area (Å²) in [5.74, 6) is 0.720. The molecule has 0 fully saturated rings. The normalized spacial score (nSPS) is 10.9. The van der Waals surface area contributed by atoms with E-state index >= 15 is 0 Å². The molecule has 0 bridgehead atoms. The van der Waals surface area contributed by atoms with Gasteiger partial charge >= 0.3 is 0 Å². The van der Waals surface area contributed by atoms with Crippen LogP contribution in [0.3, 0.4) is 0 Å². The number of hydrogen-bond acceptors (Lipinski definition) is 4. The molecule has 7 heteroatoms. The predicted octanol–water partition coefficient (Wildman–Crippen LogP) is 3.20. The van der Waals surface area contributed by atoms with Gasteiger partial charge in [0.2, 0.25) is 15.9 Å². The molecule has 0 aliphatic rings. The van der Waals surface area contributed by atoms with Crippen molar-refractivity contribution < 1.29 is 17.9 Å². The number of para-hydroxylation sites is 1. The molecule has 1 amide bonds. The SMILES string of the molecule is CCC(=O)Nc1ccc(NS(C)(=O)=O)c(Oc2ccccc2)c1. The van der Waals surface area contributed by atoms with E-state index in [4.69, 9.17) is 4.74 Å². The Kier molecular flexibility index (Phi) is 5.23. The Labute approximate surface area is 135 Å². The van der Waals surface area contributed by atoms with Crippen molar-refractivity contribution in [1.82, 2.24) is 0 Å². The number of anilines is 2. The molecule has 0 saturated heterocycles. The van der Waals surface area contributed by atoms with Gasteiger partial charge in [-0.15, -0.1) is 0 Å². The highest BCUT2D eigenvalue weighted by Gasteiger charge is 2.11. The van der Waals surface area contributed by atoms with Crippen LogP contribution in [0.25, 0.3) is 0 Å². The van der Waals surface area contributed by atoms with Crippen LogP contribution in [0.2, 0.25) is 0 Å². The summed E-state index contributed by atoms with van der Waals surface area (Å²) in [6, 6.07) is 13.7. The molecule has 0 aliphatic heterocycles. The number of sulfonamides is 1. The molecule has 2 N–H and O–H groups in total. The molecule has 0 unspecified atom stereocenters. The molecule has 2 aromatic rings. The molecule has 2 aromatic carbocycles. The van der Waals surface area contributed by atoms with Crippen LogP contribution < -0.4 is 14.8 Å². The van der Waals surface area contributed by atoms with Crippen LogP contribution in [0.4, 0.5) is 11.4 Å². The van der Waals surface area contributed by atoms with Crippen molar-refractivity contribution in [3.63, 3.8) is 0 Å². The largest absolute Gasteiger partial charge is 0.455 e. The minimum atomic E-state index is -3.45. The first-order valence-corrected chi connectivity index (χ1v) is 8.91. The van der Waals surface area contributed by atoms with Crippen molar-refractivity contribution in [2.45, 2.75) is 13.3 Å². The first kappa shape index (κ1) is 16.8. The standard InChI is InChI=1S/C16H18N2O4S/c1-3-16(19)17-12-9-10-14(18-23(2,20)21)15(11-12)22-13-7-5-4-6-8-13/h4-11,18H,3H2,1-2H3,(H,17,19). The molecular weight excluding hydrogens is 316 g/mol.